The van der Waals surface area contributed by atoms with Crippen LogP contribution < -0.4 is 14.8 Å². The first-order valence-corrected chi connectivity index (χ1v) is 6.65. The number of hydrogen-bond donors (Lipinski definition) is 1. The van der Waals surface area contributed by atoms with Crippen LogP contribution in [0.1, 0.15) is 19.0 Å². The molecule has 0 spiro atoms. The number of aromatic nitrogens is 2. The van der Waals surface area contributed by atoms with Gasteiger partial charge in [-0.15, -0.1) is 0 Å². The summed E-state index contributed by atoms with van der Waals surface area (Å²) in [5.74, 6) is 2.62. The highest BCUT2D eigenvalue weighted by Gasteiger charge is 2.03. The summed E-state index contributed by atoms with van der Waals surface area (Å²) in [6.07, 6.45) is 0.991. The van der Waals surface area contributed by atoms with E-state index in [0.717, 1.165) is 24.5 Å². The van der Waals surface area contributed by atoms with Gasteiger partial charge in [-0.25, -0.2) is 4.98 Å². The van der Waals surface area contributed by atoms with Crippen LogP contribution in [0.25, 0.3) is 0 Å². The fourth-order valence-electron chi connectivity index (χ4n) is 1.65. The van der Waals surface area contributed by atoms with Crippen LogP contribution in [0.15, 0.2) is 30.3 Å². The Morgan fingerprint density at radius 3 is 2.45 bits per heavy atom. The second-order valence-electron chi connectivity index (χ2n) is 4.34. The van der Waals surface area contributed by atoms with Crippen molar-refractivity contribution in [3.05, 3.63) is 36.0 Å². The summed E-state index contributed by atoms with van der Waals surface area (Å²) in [5, 5.41) is 2.90. The monoisotopic (exact) mass is 273 g/mol. The van der Waals surface area contributed by atoms with Crippen molar-refractivity contribution in [3.8, 4) is 17.4 Å². The van der Waals surface area contributed by atoms with E-state index in [-0.39, 0.29) is 0 Å². The van der Waals surface area contributed by atoms with Crippen LogP contribution in [0.4, 0.5) is 5.95 Å². The van der Waals surface area contributed by atoms with Gasteiger partial charge in [0.15, 0.2) is 0 Å². The summed E-state index contributed by atoms with van der Waals surface area (Å²) in [5.41, 5.74) is 0.849. The topological polar surface area (TPSA) is 56.3 Å². The van der Waals surface area contributed by atoms with Crippen molar-refractivity contribution >= 4 is 5.95 Å². The van der Waals surface area contributed by atoms with Gasteiger partial charge in [0.1, 0.15) is 11.5 Å². The van der Waals surface area contributed by atoms with Gasteiger partial charge in [0.2, 0.25) is 11.8 Å². The number of aryl methyl sites for hydroxylation is 1. The second-order valence-corrected chi connectivity index (χ2v) is 4.34. The van der Waals surface area contributed by atoms with E-state index in [0.29, 0.717) is 17.6 Å². The predicted molar refractivity (Wildman–Crippen MR) is 78.6 cm³/mol. The molecule has 0 unspecified atom stereocenters. The first-order chi connectivity index (χ1) is 9.71. The molecule has 1 N–H and O–H groups in total. The molecule has 0 fully saturated rings. The zero-order valence-corrected chi connectivity index (χ0v) is 12.0. The van der Waals surface area contributed by atoms with E-state index in [1.807, 2.05) is 31.2 Å². The van der Waals surface area contributed by atoms with E-state index in [4.69, 9.17) is 9.47 Å². The summed E-state index contributed by atoms with van der Waals surface area (Å²) < 4.78 is 11.2. The molecule has 0 saturated carbocycles. The Kier molecular flexibility index (Phi) is 4.76. The summed E-state index contributed by atoms with van der Waals surface area (Å²) >= 11 is 0. The van der Waals surface area contributed by atoms with Gasteiger partial charge in [-0.05, 0) is 37.6 Å². The first kappa shape index (κ1) is 14.1. The molecule has 2 aromatic rings. The van der Waals surface area contributed by atoms with E-state index in [1.165, 1.54) is 0 Å². The number of rotatable bonds is 6. The Hall–Kier alpha value is -2.30. The summed E-state index contributed by atoms with van der Waals surface area (Å²) in [6.45, 7) is 4.70. The van der Waals surface area contributed by atoms with Gasteiger partial charge in [0.25, 0.3) is 0 Å². The van der Waals surface area contributed by atoms with E-state index in [1.54, 1.807) is 13.1 Å². The van der Waals surface area contributed by atoms with Gasteiger partial charge in [-0.3, -0.25) is 0 Å². The molecule has 0 atom stereocenters. The average Bonchev–Trinajstić information content (AvgIpc) is 2.46. The fraction of sp³-hybridized carbons (Fsp3) is 0.333. The molecule has 0 aliphatic rings. The molecule has 0 radical (unpaired) electrons. The SMILES string of the molecule is CCCOc1ccc(Oc2cc(C)nc(NC)n2)cc1. The highest BCUT2D eigenvalue weighted by molar-refractivity contribution is 5.36. The summed E-state index contributed by atoms with van der Waals surface area (Å²) in [4.78, 5) is 8.46. The standard InChI is InChI=1S/C15H19N3O2/c1-4-9-19-12-5-7-13(8-6-12)20-14-10-11(2)17-15(16-3)18-14/h5-8,10H,4,9H2,1-3H3,(H,16,17,18). The van der Waals surface area contributed by atoms with Crippen molar-refractivity contribution in [2.75, 3.05) is 19.0 Å². The van der Waals surface area contributed by atoms with E-state index < -0.39 is 0 Å². The lowest BCUT2D eigenvalue weighted by molar-refractivity contribution is 0.317. The van der Waals surface area contributed by atoms with Crippen molar-refractivity contribution in [3.63, 3.8) is 0 Å². The molecular weight excluding hydrogens is 254 g/mol. The van der Waals surface area contributed by atoms with Crippen molar-refractivity contribution in [2.24, 2.45) is 0 Å². The second kappa shape index (κ2) is 6.75. The third-order valence-corrected chi connectivity index (χ3v) is 2.57. The fourth-order valence-corrected chi connectivity index (χ4v) is 1.65. The largest absolute Gasteiger partial charge is 0.494 e. The van der Waals surface area contributed by atoms with E-state index >= 15 is 0 Å². The minimum absolute atomic E-state index is 0.518. The van der Waals surface area contributed by atoms with Gasteiger partial charge >= 0.3 is 0 Å². The van der Waals surface area contributed by atoms with Crippen LogP contribution in [0.5, 0.6) is 17.4 Å². The summed E-state index contributed by atoms with van der Waals surface area (Å²) in [7, 11) is 1.78. The normalized spacial score (nSPS) is 10.2. The van der Waals surface area contributed by atoms with E-state index in [2.05, 4.69) is 22.2 Å². The Morgan fingerprint density at radius 2 is 1.80 bits per heavy atom. The highest BCUT2D eigenvalue weighted by atomic mass is 16.5. The molecule has 0 aliphatic carbocycles. The Labute approximate surface area is 119 Å². The number of nitrogens with one attached hydrogen (secondary N) is 1. The van der Waals surface area contributed by atoms with Gasteiger partial charge in [-0.1, -0.05) is 6.92 Å². The lowest BCUT2D eigenvalue weighted by Crippen LogP contribution is -1.99. The highest BCUT2D eigenvalue weighted by Crippen LogP contribution is 2.23. The number of ether oxygens (including phenoxy) is 2. The van der Waals surface area contributed by atoms with Crippen LogP contribution in [0.2, 0.25) is 0 Å². The van der Waals surface area contributed by atoms with E-state index in [9.17, 15) is 0 Å². The zero-order valence-electron chi connectivity index (χ0n) is 12.0. The molecule has 20 heavy (non-hydrogen) atoms. The van der Waals surface area contributed by atoms with Crippen molar-refractivity contribution in [1.82, 2.24) is 9.97 Å². The van der Waals surface area contributed by atoms with Gasteiger partial charge in [0.05, 0.1) is 6.61 Å². The lowest BCUT2D eigenvalue weighted by atomic mass is 10.3. The minimum atomic E-state index is 0.518. The first-order valence-electron chi connectivity index (χ1n) is 6.65. The number of nitrogens with zero attached hydrogens (tertiary/aromatic N) is 2. The Balaban J connectivity index is 2.07. The lowest BCUT2D eigenvalue weighted by Gasteiger charge is -2.08. The third kappa shape index (κ3) is 3.85. The molecule has 0 aliphatic heterocycles. The Bertz CT molecular complexity index is 556. The van der Waals surface area contributed by atoms with Crippen LogP contribution >= 0.6 is 0 Å². The van der Waals surface area contributed by atoms with Gasteiger partial charge < -0.3 is 14.8 Å². The van der Waals surface area contributed by atoms with Gasteiger partial charge in [-0.2, -0.15) is 4.98 Å². The van der Waals surface area contributed by atoms with Crippen LogP contribution in [0.3, 0.4) is 0 Å². The molecular formula is C15H19N3O2. The van der Waals surface area contributed by atoms with Crippen LogP contribution in [-0.4, -0.2) is 23.6 Å². The maximum atomic E-state index is 5.71. The molecule has 0 saturated heterocycles. The molecule has 5 heteroatoms. The molecule has 1 aromatic heterocycles. The van der Waals surface area contributed by atoms with Gasteiger partial charge in [0, 0.05) is 18.8 Å². The third-order valence-electron chi connectivity index (χ3n) is 2.57. The Morgan fingerprint density at radius 1 is 1.10 bits per heavy atom. The zero-order chi connectivity index (χ0) is 14.4. The smallest absolute Gasteiger partial charge is 0.225 e. The molecule has 1 aromatic carbocycles. The average molecular weight is 273 g/mol. The van der Waals surface area contributed by atoms with Crippen LogP contribution in [-0.2, 0) is 0 Å². The van der Waals surface area contributed by atoms with Crippen molar-refractivity contribution in [2.45, 2.75) is 20.3 Å². The van der Waals surface area contributed by atoms with Crippen molar-refractivity contribution < 1.29 is 9.47 Å². The maximum absolute atomic E-state index is 5.71. The molecule has 2 rings (SSSR count). The molecule has 1 heterocycles. The number of benzene rings is 1. The number of anilines is 1. The maximum Gasteiger partial charge on any atom is 0.225 e. The molecule has 0 amide bonds. The number of hydrogen-bond acceptors (Lipinski definition) is 5. The molecule has 5 nitrogen and oxygen atoms in total. The minimum Gasteiger partial charge on any atom is -0.494 e. The van der Waals surface area contributed by atoms with Crippen molar-refractivity contribution in [1.29, 1.82) is 0 Å². The quantitative estimate of drug-likeness (QED) is 0.874. The van der Waals surface area contributed by atoms with Crippen LogP contribution in [0, 0.1) is 6.92 Å². The molecule has 0 bridgehead atoms. The predicted octanol–water partition coefficient (Wildman–Crippen LogP) is 3.41. The molecule has 106 valence electrons. The summed E-state index contributed by atoms with van der Waals surface area (Å²) in [6, 6.07) is 9.29.